The maximum Gasteiger partial charge on any atom is 0.139 e. The molecule has 0 spiro atoms. The van der Waals surface area contributed by atoms with Gasteiger partial charge in [0.25, 0.3) is 0 Å². The molecule has 4 nitrogen and oxygen atoms in total. The van der Waals surface area contributed by atoms with E-state index in [1.807, 2.05) is 13.8 Å². The quantitative estimate of drug-likeness (QED) is 0.905. The number of aromatic amines is 1. The first kappa shape index (κ1) is 13.1. The number of imidazole rings is 1. The maximum absolute atomic E-state index is 14.1. The molecule has 3 rings (SSSR count). The zero-order chi connectivity index (χ0) is 14.3. The fourth-order valence-corrected chi connectivity index (χ4v) is 3.02. The Morgan fingerprint density at radius 3 is 3.00 bits per heavy atom. The summed E-state index contributed by atoms with van der Waals surface area (Å²) >= 11 is 0. The largest absolute Gasteiger partial charge is 0.380 e. The molecule has 0 aliphatic carbocycles. The van der Waals surface area contributed by atoms with Crippen LogP contribution in [-0.4, -0.2) is 28.2 Å². The van der Waals surface area contributed by atoms with Crippen molar-refractivity contribution in [3.8, 4) is 0 Å². The summed E-state index contributed by atoms with van der Waals surface area (Å²) in [4.78, 5) is 9.12. The molecule has 0 saturated heterocycles. The molecule has 2 atom stereocenters. The average molecular weight is 275 g/mol. The second-order valence-corrected chi connectivity index (χ2v) is 5.22. The summed E-state index contributed by atoms with van der Waals surface area (Å²) < 4.78 is 14.1. The summed E-state index contributed by atoms with van der Waals surface area (Å²) in [6, 6.07) is 3.10. The minimum Gasteiger partial charge on any atom is -0.380 e. The third kappa shape index (κ3) is 1.89. The zero-order valence-electron chi connectivity index (χ0n) is 11.6. The summed E-state index contributed by atoms with van der Waals surface area (Å²) in [7, 11) is 0. The third-order valence-electron chi connectivity index (χ3n) is 3.95. The van der Waals surface area contributed by atoms with Gasteiger partial charge < -0.3 is 15.0 Å². The number of hydrogen-bond donors (Lipinski definition) is 2. The van der Waals surface area contributed by atoms with E-state index in [0.29, 0.717) is 17.0 Å². The number of likely N-dealkylation sites (N-methyl/N-ethyl adjacent to an activating group) is 1. The van der Waals surface area contributed by atoms with E-state index >= 15 is 0 Å². The van der Waals surface area contributed by atoms with E-state index in [1.54, 1.807) is 18.5 Å². The van der Waals surface area contributed by atoms with Gasteiger partial charge >= 0.3 is 0 Å². The van der Waals surface area contributed by atoms with Crippen LogP contribution in [0.1, 0.15) is 42.8 Å². The number of aromatic nitrogens is 2. The first-order valence-electron chi connectivity index (χ1n) is 6.88. The lowest BCUT2D eigenvalue weighted by Crippen LogP contribution is -2.22. The van der Waals surface area contributed by atoms with Gasteiger partial charge in [0, 0.05) is 48.2 Å². The summed E-state index contributed by atoms with van der Waals surface area (Å²) in [5.41, 5.74) is 2.24. The Labute approximate surface area is 117 Å². The van der Waals surface area contributed by atoms with Gasteiger partial charge in [0.1, 0.15) is 17.7 Å². The monoisotopic (exact) mass is 275 g/mol. The van der Waals surface area contributed by atoms with Crippen LogP contribution in [0.2, 0.25) is 0 Å². The van der Waals surface area contributed by atoms with Gasteiger partial charge in [0.15, 0.2) is 0 Å². The molecule has 0 amide bonds. The van der Waals surface area contributed by atoms with Crippen LogP contribution in [0.5, 0.6) is 0 Å². The van der Waals surface area contributed by atoms with Gasteiger partial charge in [-0.15, -0.1) is 0 Å². The van der Waals surface area contributed by atoms with Crippen molar-refractivity contribution in [3.63, 3.8) is 0 Å². The highest BCUT2D eigenvalue weighted by Gasteiger charge is 2.32. The number of aliphatic hydroxyl groups excluding tert-OH is 1. The first-order valence-corrected chi connectivity index (χ1v) is 6.88. The van der Waals surface area contributed by atoms with E-state index < -0.39 is 6.10 Å². The van der Waals surface area contributed by atoms with Crippen molar-refractivity contribution in [2.75, 3.05) is 18.0 Å². The Morgan fingerprint density at radius 2 is 2.35 bits per heavy atom. The molecule has 20 heavy (non-hydrogen) atoms. The van der Waals surface area contributed by atoms with Gasteiger partial charge in [0.05, 0.1) is 0 Å². The van der Waals surface area contributed by atoms with Crippen molar-refractivity contribution in [1.82, 2.24) is 9.97 Å². The van der Waals surface area contributed by atoms with Crippen LogP contribution >= 0.6 is 0 Å². The van der Waals surface area contributed by atoms with Gasteiger partial charge in [0.2, 0.25) is 0 Å². The minimum atomic E-state index is -0.862. The number of anilines is 1. The topological polar surface area (TPSA) is 52.1 Å². The predicted molar refractivity (Wildman–Crippen MR) is 75.4 cm³/mol. The van der Waals surface area contributed by atoms with Crippen LogP contribution in [0, 0.1) is 5.82 Å². The van der Waals surface area contributed by atoms with Crippen LogP contribution in [0.25, 0.3) is 0 Å². The lowest BCUT2D eigenvalue weighted by atomic mass is 9.97. The standard InChI is InChI=1S/C15H18FN3O/c1-3-19-8-9(2)12-11(16)5-4-10(13(12)19)14(20)15-17-6-7-18-15/h4-7,9,14,20H,3,8H2,1-2H3,(H,17,18). The number of H-pyrrole nitrogens is 1. The molecule has 1 aromatic carbocycles. The van der Waals surface area contributed by atoms with Crippen LogP contribution in [-0.2, 0) is 0 Å². The van der Waals surface area contributed by atoms with Crippen LogP contribution in [0.4, 0.5) is 10.1 Å². The fourth-order valence-electron chi connectivity index (χ4n) is 3.02. The van der Waals surface area contributed by atoms with E-state index in [2.05, 4.69) is 14.9 Å². The second-order valence-electron chi connectivity index (χ2n) is 5.22. The van der Waals surface area contributed by atoms with E-state index in [9.17, 15) is 9.50 Å². The molecule has 5 heteroatoms. The molecule has 1 aliphatic heterocycles. The molecule has 0 radical (unpaired) electrons. The molecule has 2 heterocycles. The van der Waals surface area contributed by atoms with Crippen molar-refractivity contribution in [2.24, 2.45) is 0 Å². The average Bonchev–Trinajstić information content (AvgIpc) is 3.07. The highest BCUT2D eigenvalue weighted by Crippen LogP contribution is 2.43. The van der Waals surface area contributed by atoms with Crippen LogP contribution in [0.3, 0.4) is 0 Å². The molecule has 2 aromatic rings. The number of aliphatic hydroxyl groups is 1. The molecule has 0 fully saturated rings. The van der Waals surface area contributed by atoms with Crippen molar-refractivity contribution in [3.05, 3.63) is 47.3 Å². The fraction of sp³-hybridized carbons (Fsp3) is 0.400. The molecule has 2 N–H and O–H groups in total. The Hall–Kier alpha value is -1.88. The highest BCUT2D eigenvalue weighted by molar-refractivity contribution is 5.66. The smallest absolute Gasteiger partial charge is 0.139 e. The maximum atomic E-state index is 14.1. The molecular formula is C15H18FN3O. The second kappa shape index (κ2) is 4.90. The summed E-state index contributed by atoms with van der Waals surface area (Å²) in [5, 5.41) is 10.5. The van der Waals surface area contributed by atoms with E-state index in [0.717, 1.165) is 18.8 Å². The van der Waals surface area contributed by atoms with Crippen LogP contribution in [0.15, 0.2) is 24.5 Å². The van der Waals surface area contributed by atoms with Gasteiger partial charge in [-0.1, -0.05) is 13.0 Å². The van der Waals surface area contributed by atoms with Gasteiger partial charge in [-0.25, -0.2) is 9.37 Å². The SMILES string of the molecule is CCN1CC(C)c2c(F)ccc(C(O)c3ncc[nH]3)c21. The number of hydrogen-bond acceptors (Lipinski definition) is 3. The Morgan fingerprint density at radius 1 is 1.55 bits per heavy atom. The van der Waals surface area contributed by atoms with Crippen molar-refractivity contribution in [1.29, 1.82) is 0 Å². The number of benzene rings is 1. The summed E-state index contributed by atoms with van der Waals surface area (Å²) in [6.07, 6.45) is 2.41. The molecule has 106 valence electrons. The lowest BCUT2D eigenvalue weighted by Gasteiger charge is -2.22. The molecule has 2 unspecified atom stereocenters. The number of halogens is 1. The molecule has 1 aliphatic rings. The number of rotatable bonds is 3. The summed E-state index contributed by atoms with van der Waals surface area (Å²) in [6.45, 7) is 5.62. The predicted octanol–water partition coefficient (Wildman–Crippen LogP) is 2.57. The number of fused-ring (bicyclic) bond motifs is 1. The van der Waals surface area contributed by atoms with Crippen molar-refractivity contribution >= 4 is 5.69 Å². The van der Waals surface area contributed by atoms with E-state index in [4.69, 9.17) is 0 Å². The van der Waals surface area contributed by atoms with Gasteiger partial charge in [-0.05, 0) is 13.0 Å². The first-order chi connectivity index (χ1) is 9.63. The molecular weight excluding hydrogens is 257 g/mol. The zero-order valence-corrected chi connectivity index (χ0v) is 11.6. The Balaban J connectivity index is 2.14. The number of nitrogens with zero attached hydrogens (tertiary/aromatic N) is 2. The normalized spacial score (nSPS) is 19.2. The molecule has 1 aromatic heterocycles. The lowest BCUT2D eigenvalue weighted by molar-refractivity contribution is 0.211. The van der Waals surface area contributed by atoms with Crippen molar-refractivity contribution < 1.29 is 9.50 Å². The molecule has 0 bridgehead atoms. The van der Waals surface area contributed by atoms with Crippen molar-refractivity contribution in [2.45, 2.75) is 25.9 Å². The molecule has 0 saturated carbocycles. The minimum absolute atomic E-state index is 0.133. The highest BCUT2D eigenvalue weighted by atomic mass is 19.1. The number of nitrogens with one attached hydrogen (secondary N) is 1. The third-order valence-corrected chi connectivity index (χ3v) is 3.95. The van der Waals surface area contributed by atoms with E-state index in [1.165, 1.54) is 6.07 Å². The summed E-state index contributed by atoms with van der Waals surface area (Å²) in [5.74, 6) is 0.418. The van der Waals surface area contributed by atoms with Gasteiger partial charge in [-0.3, -0.25) is 0 Å². The van der Waals surface area contributed by atoms with Gasteiger partial charge in [-0.2, -0.15) is 0 Å². The van der Waals surface area contributed by atoms with Crippen LogP contribution < -0.4 is 4.90 Å². The van der Waals surface area contributed by atoms with E-state index in [-0.39, 0.29) is 11.7 Å². The Bertz CT molecular complexity index is 612. The Kier molecular flexibility index (Phi) is 3.22.